The van der Waals surface area contributed by atoms with E-state index in [2.05, 4.69) is 9.97 Å². The molecule has 12 heavy (non-hydrogen) atoms. The van der Waals surface area contributed by atoms with Crippen molar-refractivity contribution >= 4 is 28.9 Å². The van der Waals surface area contributed by atoms with E-state index in [0.717, 1.165) is 11.8 Å². The number of imidazole rings is 1. The van der Waals surface area contributed by atoms with Gasteiger partial charge in [0.1, 0.15) is 5.52 Å². The minimum absolute atomic E-state index is 0.305. The van der Waals surface area contributed by atoms with Gasteiger partial charge in [0.05, 0.1) is 5.52 Å². The number of hydrogen-bond acceptors (Lipinski definition) is 2. The van der Waals surface area contributed by atoms with Crippen molar-refractivity contribution in [2.75, 3.05) is 0 Å². The molecule has 0 unspecified atom stereocenters. The summed E-state index contributed by atoms with van der Waals surface area (Å²) in [6, 6.07) is 5.30. The zero-order valence-electron chi connectivity index (χ0n) is 6.04. The normalized spacial score (nSPS) is 10.4. The Morgan fingerprint density at radius 2 is 2.33 bits per heavy atom. The van der Waals surface area contributed by atoms with E-state index in [1.165, 1.54) is 0 Å². The first-order chi connectivity index (χ1) is 5.81. The van der Waals surface area contributed by atoms with Crippen LogP contribution in [0.5, 0.6) is 0 Å². The highest BCUT2D eigenvalue weighted by Crippen LogP contribution is 2.16. The Labute approximate surface area is 73.4 Å². The fraction of sp³-hybridized carbons (Fsp3) is 0. The molecule has 60 valence electrons. The molecular weight excluding hydrogens is 176 g/mol. The summed E-state index contributed by atoms with van der Waals surface area (Å²) in [5.41, 5.74) is 1.96. The Bertz CT molecular complexity index is 436. The molecule has 0 bridgehead atoms. The number of para-hydroxylation sites is 1. The molecule has 0 spiro atoms. The molecule has 3 nitrogen and oxygen atoms in total. The van der Waals surface area contributed by atoms with Gasteiger partial charge in [0.2, 0.25) is 5.28 Å². The van der Waals surface area contributed by atoms with Gasteiger partial charge in [-0.1, -0.05) is 6.07 Å². The van der Waals surface area contributed by atoms with Gasteiger partial charge in [-0.3, -0.25) is 4.79 Å². The molecule has 0 fully saturated rings. The van der Waals surface area contributed by atoms with Crippen LogP contribution in [0.15, 0.2) is 18.2 Å². The second-order valence-electron chi connectivity index (χ2n) is 2.39. The Morgan fingerprint density at radius 1 is 1.50 bits per heavy atom. The van der Waals surface area contributed by atoms with Gasteiger partial charge >= 0.3 is 0 Å². The topological polar surface area (TPSA) is 45.8 Å². The number of nitrogens with zero attached hydrogens (tertiary/aromatic N) is 1. The van der Waals surface area contributed by atoms with E-state index in [-0.39, 0.29) is 0 Å². The van der Waals surface area contributed by atoms with E-state index in [9.17, 15) is 4.79 Å². The van der Waals surface area contributed by atoms with Gasteiger partial charge in [-0.05, 0) is 23.7 Å². The minimum atomic E-state index is 0.305. The molecule has 0 aliphatic heterocycles. The van der Waals surface area contributed by atoms with Crippen molar-refractivity contribution in [3.05, 3.63) is 29.0 Å². The number of nitrogens with one attached hydrogen (secondary N) is 1. The number of H-pyrrole nitrogens is 1. The zero-order valence-corrected chi connectivity index (χ0v) is 6.80. The highest BCUT2D eigenvalue weighted by atomic mass is 35.5. The SMILES string of the molecule is O=Cc1cccc2[nH]c(Cl)nc12. The van der Waals surface area contributed by atoms with E-state index in [1.54, 1.807) is 12.1 Å². The van der Waals surface area contributed by atoms with Gasteiger partial charge in [0, 0.05) is 5.56 Å². The molecule has 0 saturated carbocycles. The predicted molar refractivity (Wildman–Crippen MR) is 46.5 cm³/mol. The minimum Gasteiger partial charge on any atom is -0.329 e. The molecular formula is C8H5ClN2O. The molecule has 2 rings (SSSR count). The first-order valence-electron chi connectivity index (χ1n) is 3.40. The van der Waals surface area contributed by atoms with Gasteiger partial charge in [-0.15, -0.1) is 0 Å². The van der Waals surface area contributed by atoms with Crippen molar-refractivity contribution in [2.45, 2.75) is 0 Å². The second kappa shape index (κ2) is 2.60. The number of rotatable bonds is 1. The Kier molecular flexibility index (Phi) is 1.59. The van der Waals surface area contributed by atoms with Crippen molar-refractivity contribution in [1.82, 2.24) is 9.97 Å². The number of carbonyl (C=O) groups is 1. The molecule has 0 saturated heterocycles. The highest BCUT2D eigenvalue weighted by Gasteiger charge is 2.03. The molecule has 0 aliphatic carbocycles. The largest absolute Gasteiger partial charge is 0.329 e. The first kappa shape index (κ1) is 7.31. The quantitative estimate of drug-likeness (QED) is 0.683. The molecule has 0 amide bonds. The lowest BCUT2D eigenvalue weighted by molar-refractivity contribution is 0.112. The number of fused-ring (bicyclic) bond motifs is 1. The van der Waals surface area contributed by atoms with Crippen LogP contribution in [0.1, 0.15) is 10.4 Å². The van der Waals surface area contributed by atoms with Crippen LogP contribution in [0, 0.1) is 0 Å². The van der Waals surface area contributed by atoms with E-state index >= 15 is 0 Å². The van der Waals surface area contributed by atoms with Crippen LogP contribution in [0.4, 0.5) is 0 Å². The van der Waals surface area contributed by atoms with Crippen molar-refractivity contribution in [3.8, 4) is 0 Å². The van der Waals surface area contributed by atoms with Gasteiger partial charge in [-0.2, -0.15) is 0 Å². The summed E-state index contributed by atoms with van der Waals surface area (Å²) in [6.07, 6.45) is 0.763. The maximum atomic E-state index is 10.5. The summed E-state index contributed by atoms with van der Waals surface area (Å²) >= 11 is 5.63. The molecule has 0 radical (unpaired) electrons. The van der Waals surface area contributed by atoms with Crippen molar-refractivity contribution in [3.63, 3.8) is 0 Å². The first-order valence-corrected chi connectivity index (χ1v) is 3.78. The average Bonchev–Trinajstić information content (AvgIpc) is 2.44. The fourth-order valence-corrected chi connectivity index (χ4v) is 1.31. The number of hydrogen-bond donors (Lipinski definition) is 1. The summed E-state index contributed by atoms with van der Waals surface area (Å²) in [7, 11) is 0. The molecule has 1 aromatic heterocycles. The summed E-state index contributed by atoms with van der Waals surface area (Å²) < 4.78 is 0. The molecule has 2 aromatic rings. The van der Waals surface area contributed by atoms with Crippen LogP contribution in [-0.4, -0.2) is 16.3 Å². The van der Waals surface area contributed by atoms with Gasteiger partial charge in [0.25, 0.3) is 0 Å². The highest BCUT2D eigenvalue weighted by molar-refractivity contribution is 6.29. The molecule has 0 aliphatic rings. The lowest BCUT2D eigenvalue weighted by Crippen LogP contribution is -1.80. The van der Waals surface area contributed by atoms with Crippen LogP contribution in [0.2, 0.25) is 5.28 Å². The van der Waals surface area contributed by atoms with Crippen LogP contribution < -0.4 is 0 Å². The van der Waals surface area contributed by atoms with Crippen LogP contribution in [0.3, 0.4) is 0 Å². The fourth-order valence-electron chi connectivity index (χ4n) is 1.12. The number of carbonyl (C=O) groups excluding carboxylic acids is 1. The third kappa shape index (κ3) is 0.987. The Hall–Kier alpha value is -1.35. The van der Waals surface area contributed by atoms with Gasteiger partial charge in [0.15, 0.2) is 6.29 Å². The number of aromatic amines is 1. The number of halogens is 1. The van der Waals surface area contributed by atoms with Crippen LogP contribution in [-0.2, 0) is 0 Å². The van der Waals surface area contributed by atoms with E-state index in [0.29, 0.717) is 16.4 Å². The van der Waals surface area contributed by atoms with Gasteiger partial charge in [-0.25, -0.2) is 4.98 Å². The molecule has 4 heteroatoms. The standard InChI is InChI=1S/C8H5ClN2O/c9-8-10-6-3-1-2-5(4-12)7(6)11-8/h1-4H,(H,10,11). The Morgan fingerprint density at radius 3 is 3.08 bits per heavy atom. The number of aldehydes is 1. The molecule has 1 N–H and O–H groups in total. The van der Waals surface area contributed by atoms with E-state index in [4.69, 9.17) is 11.6 Å². The second-order valence-corrected chi connectivity index (χ2v) is 2.75. The summed E-state index contributed by atoms with van der Waals surface area (Å²) in [5.74, 6) is 0. The third-order valence-corrected chi connectivity index (χ3v) is 1.82. The zero-order chi connectivity index (χ0) is 8.55. The predicted octanol–water partition coefficient (Wildman–Crippen LogP) is 2.03. The Balaban J connectivity index is 2.86. The van der Waals surface area contributed by atoms with Crippen LogP contribution >= 0.6 is 11.6 Å². The van der Waals surface area contributed by atoms with Crippen molar-refractivity contribution in [2.24, 2.45) is 0 Å². The summed E-state index contributed by atoms with van der Waals surface area (Å²) in [4.78, 5) is 17.3. The molecule has 1 aromatic carbocycles. The maximum absolute atomic E-state index is 10.5. The van der Waals surface area contributed by atoms with Crippen molar-refractivity contribution < 1.29 is 4.79 Å². The average molecular weight is 181 g/mol. The van der Waals surface area contributed by atoms with Gasteiger partial charge < -0.3 is 4.98 Å². The van der Waals surface area contributed by atoms with E-state index < -0.39 is 0 Å². The molecule has 0 atom stereocenters. The summed E-state index contributed by atoms with van der Waals surface area (Å²) in [6.45, 7) is 0. The smallest absolute Gasteiger partial charge is 0.201 e. The van der Waals surface area contributed by atoms with Crippen LogP contribution in [0.25, 0.3) is 11.0 Å². The van der Waals surface area contributed by atoms with E-state index in [1.807, 2.05) is 6.07 Å². The molecule has 1 heterocycles. The number of aromatic nitrogens is 2. The summed E-state index contributed by atoms with van der Waals surface area (Å²) in [5, 5.41) is 0.305. The maximum Gasteiger partial charge on any atom is 0.201 e. The monoisotopic (exact) mass is 180 g/mol. The number of benzene rings is 1. The lowest BCUT2D eigenvalue weighted by atomic mass is 10.2. The van der Waals surface area contributed by atoms with Crippen molar-refractivity contribution in [1.29, 1.82) is 0 Å². The lowest BCUT2D eigenvalue weighted by Gasteiger charge is -1.89. The third-order valence-electron chi connectivity index (χ3n) is 1.64.